The van der Waals surface area contributed by atoms with E-state index in [0.29, 0.717) is 0 Å². The molecule has 1 rings (SSSR count). The van der Waals surface area contributed by atoms with Gasteiger partial charge < -0.3 is 9.04 Å². The van der Waals surface area contributed by atoms with Crippen molar-refractivity contribution >= 4 is 21.7 Å². The number of rotatable bonds is 12. The highest BCUT2D eigenvalue weighted by Crippen LogP contribution is 2.15. The van der Waals surface area contributed by atoms with Gasteiger partial charge in [-0.15, -0.1) is 11.6 Å². The molecule has 0 radical (unpaired) electrons. The van der Waals surface area contributed by atoms with E-state index in [1.54, 1.807) is 12.1 Å². The molecular weight excluding hydrogens is 382 g/mol. The minimum absolute atomic E-state index is 0.178. The molecule has 1 aromatic carbocycles. The molecule has 0 aliphatic heterocycles. The average Bonchev–Trinajstić information content (AvgIpc) is 2.63. The maximum absolute atomic E-state index is 10.4. The van der Waals surface area contributed by atoms with Crippen molar-refractivity contribution in [1.29, 1.82) is 0 Å². The van der Waals surface area contributed by atoms with Crippen molar-refractivity contribution in [3.8, 4) is 0 Å². The Balaban J connectivity index is 0.000000533. The minimum Gasteiger partial charge on any atom is -0.744 e. The Labute approximate surface area is 172 Å². The second kappa shape index (κ2) is 14.4. The lowest BCUT2D eigenvalue weighted by Crippen LogP contribution is -2.51. The standard InChI is InChI=1S/C14H31ClN.C7H8O3S/c1-4-7-11-16(14-10-15,12-8-5-2)13-9-6-3;1-6-2-4-7(5-3-6)11(8,9)10/h4-14H2,1-3H3;2-5H,1H3,(H,8,9,10)/q+1;/p-1. The van der Waals surface area contributed by atoms with Crippen molar-refractivity contribution in [2.45, 2.75) is 71.1 Å². The highest BCUT2D eigenvalue weighted by atomic mass is 35.5. The van der Waals surface area contributed by atoms with Crippen LogP contribution in [0.4, 0.5) is 0 Å². The molecule has 0 fully saturated rings. The largest absolute Gasteiger partial charge is 0.744 e. The lowest BCUT2D eigenvalue weighted by Gasteiger charge is -2.38. The summed E-state index contributed by atoms with van der Waals surface area (Å²) >= 11 is 6.01. The number of hydrogen-bond acceptors (Lipinski definition) is 3. The first-order chi connectivity index (χ1) is 12.7. The van der Waals surface area contributed by atoms with E-state index in [1.165, 1.54) is 81.3 Å². The van der Waals surface area contributed by atoms with Crippen LogP contribution in [0.25, 0.3) is 0 Å². The van der Waals surface area contributed by atoms with Crippen LogP contribution in [0, 0.1) is 6.92 Å². The van der Waals surface area contributed by atoms with Gasteiger partial charge in [-0.3, -0.25) is 0 Å². The quantitative estimate of drug-likeness (QED) is 0.261. The second-order valence-corrected chi connectivity index (χ2v) is 9.01. The summed E-state index contributed by atoms with van der Waals surface area (Å²) in [6, 6.07) is 5.78. The summed E-state index contributed by atoms with van der Waals surface area (Å²) in [6.45, 7) is 13.9. The van der Waals surface area contributed by atoms with Gasteiger partial charge >= 0.3 is 0 Å². The summed E-state index contributed by atoms with van der Waals surface area (Å²) in [4.78, 5) is -0.178. The summed E-state index contributed by atoms with van der Waals surface area (Å²) in [5.74, 6) is 0.817. The monoisotopic (exact) mass is 419 g/mol. The molecule has 0 unspecified atom stereocenters. The van der Waals surface area contributed by atoms with E-state index in [1.807, 2.05) is 6.92 Å². The van der Waals surface area contributed by atoms with Crippen molar-refractivity contribution in [2.24, 2.45) is 0 Å². The van der Waals surface area contributed by atoms with E-state index in [4.69, 9.17) is 11.6 Å². The van der Waals surface area contributed by atoms with Crippen LogP contribution in [0.5, 0.6) is 0 Å². The first-order valence-electron chi connectivity index (χ1n) is 10.2. The predicted molar refractivity (Wildman–Crippen MR) is 114 cm³/mol. The zero-order valence-electron chi connectivity index (χ0n) is 17.5. The highest BCUT2D eigenvalue weighted by Gasteiger charge is 2.24. The van der Waals surface area contributed by atoms with Crippen LogP contribution < -0.4 is 0 Å². The Morgan fingerprint density at radius 3 is 1.56 bits per heavy atom. The number of alkyl halides is 1. The molecule has 0 bridgehead atoms. The molecule has 0 spiro atoms. The van der Waals surface area contributed by atoms with Crippen LogP contribution in [0.1, 0.15) is 64.9 Å². The number of nitrogens with zero attached hydrogens (tertiary/aromatic N) is 1. The molecule has 6 heteroatoms. The second-order valence-electron chi connectivity index (χ2n) is 7.25. The van der Waals surface area contributed by atoms with Gasteiger partial charge in [-0.05, 0) is 38.3 Å². The SMILES string of the molecule is CCCC[N+](CCCl)(CCCC)CCCC.Cc1ccc(S(=O)(=O)[O-])cc1. The minimum atomic E-state index is -4.27. The molecule has 0 N–H and O–H groups in total. The molecule has 0 aliphatic rings. The molecule has 0 aliphatic carbocycles. The summed E-state index contributed by atoms with van der Waals surface area (Å²) < 4.78 is 32.4. The highest BCUT2D eigenvalue weighted by molar-refractivity contribution is 7.85. The van der Waals surface area contributed by atoms with Gasteiger partial charge in [0.15, 0.2) is 0 Å². The lowest BCUT2D eigenvalue weighted by atomic mass is 10.1. The van der Waals surface area contributed by atoms with E-state index in [9.17, 15) is 13.0 Å². The maximum atomic E-state index is 10.4. The normalized spacial score (nSPS) is 11.8. The van der Waals surface area contributed by atoms with Crippen LogP contribution in [-0.2, 0) is 10.1 Å². The Morgan fingerprint density at radius 2 is 1.26 bits per heavy atom. The Kier molecular flexibility index (Phi) is 14.1. The fraction of sp³-hybridized carbons (Fsp3) is 0.714. The molecule has 1 aromatic rings. The first kappa shape index (κ1) is 26.4. The third-order valence-corrected chi connectivity index (χ3v) is 5.85. The first-order valence-corrected chi connectivity index (χ1v) is 12.1. The smallest absolute Gasteiger partial charge is 0.124 e. The van der Waals surface area contributed by atoms with Crippen LogP contribution in [0.3, 0.4) is 0 Å². The van der Waals surface area contributed by atoms with Crippen LogP contribution >= 0.6 is 11.6 Å². The number of halogens is 1. The molecule has 0 heterocycles. The third kappa shape index (κ3) is 11.7. The van der Waals surface area contributed by atoms with E-state index >= 15 is 0 Å². The number of hydrogen-bond donors (Lipinski definition) is 0. The fourth-order valence-corrected chi connectivity index (χ4v) is 3.86. The zero-order valence-corrected chi connectivity index (χ0v) is 19.1. The van der Waals surface area contributed by atoms with Crippen LogP contribution in [0.15, 0.2) is 29.2 Å². The van der Waals surface area contributed by atoms with E-state index in [0.717, 1.165) is 11.4 Å². The molecule has 0 saturated heterocycles. The van der Waals surface area contributed by atoms with Crippen molar-refractivity contribution in [3.63, 3.8) is 0 Å². The van der Waals surface area contributed by atoms with E-state index in [2.05, 4.69) is 20.8 Å². The van der Waals surface area contributed by atoms with Gasteiger partial charge in [0.25, 0.3) is 0 Å². The van der Waals surface area contributed by atoms with Gasteiger partial charge in [0.1, 0.15) is 10.1 Å². The van der Waals surface area contributed by atoms with Crippen LogP contribution in [-0.4, -0.2) is 49.5 Å². The number of benzene rings is 1. The number of unbranched alkanes of at least 4 members (excludes halogenated alkanes) is 3. The predicted octanol–water partition coefficient (Wildman–Crippen LogP) is 5.34. The third-order valence-electron chi connectivity index (χ3n) is 4.83. The van der Waals surface area contributed by atoms with Crippen molar-refractivity contribution in [2.75, 3.05) is 32.1 Å². The lowest BCUT2D eigenvalue weighted by molar-refractivity contribution is -0.926. The van der Waals surface area contributed by atoms with Gasteiger partial charge in [-0.25, -0.2) is 8.42 Å². The van der Waals surface area contributed by atoms with Gasteiger partial charge in [-0.1, -0.05) is 57.7 Å². The van der Waals surface area contributed by atoms with Gasteiger partial charge in [0.2, 0.25) is 0 Å². The summed E-state index contributed by atoms with van der Waals surface area (Å²) in [5, 5.41) is 0. The summed E-state index contributed by atoms with van der Waals surface area (Å²) in [6.07, 6.45) is 7.97. The van der Waals surface area contributed by atoms with Gasteiger partial charge in [-0.2, -0.15) is 0 Å². The summed E-state index contributed by atoms with van der Waals surface area (Å²) in [5.41, 5.74) is 0.928. The molecular formula is C21H38ClNO3S. The van der Waals surface area contributed by atoms with E-state index in [-0.39, 0.29) is 4.90 Å². The molecule has 0 saturated carbocycles. The number of aryl methyl sites for hydroxylation is 1. The molecule has 0 aromatic heterocycles. The van der Waals surface area contributed by atoms with Crippen molar-refractivity contribution in [3.05, 3.63) is 29.8 Å². The van der Waals surface area contributed by atoms with Crippen molar-refractivity contribution in [1.82, 2.24) is 0 Å². The molecule has 158 valence electrons. The molecule has 0 atom stereocenters. The fourth-order valence-electron chi connectivity index (χ4n) is 3.04. The average molecular weight is 420 g/mol. The zero-order chi connectivity index (χ0) is 20.8. The Morgan fingerprint density at radius 1 is 0.852 bits per heavy atom. The molecule has 27 heavy (non-hydrogen) atoms. The Hall–Kier alpha value is -0.620. The van der Waals surface area contributed by atoms with Gasteiger partial charge in [0, 0.05) is 0 Å². The van der Waals surface area contributed by atoms with Crippen molar-refractivity contribution < 1.29 is 17.5 Å². The summed E-state index contributed by atoms with van der Waals surface area (Å²) in [7, 11) is -4.27. The topological polar surface area (TPSA) is 57.2 Å². The Bertz CT molecular complexity index is 566. The maximum Gasteiger partial charge on any atom is 0.124 e. The molecule has 4 nitrogen and oxygen atoms in total. The van der Waals surface area contributed by atoms with Gasteiger partial charge in [0.05, 0.1) is 37.0 Å². The van der Waals surface area contributed by atoms with E-state index < -0.39 is 10.1 Å². The molecule has 0 amide bonds. The number of quaternary nitrogens is 1. The van der Waals surface area contributed by atoms with Crippen LogP contribution in [0.2, 0.25) is 0 Å².